The topological polar surface area (TPSA) is 17.1 Å². The van der Waals surface area contributed by atoms with Gasteiger partial charge < -0.3 is 0 Å². The fraction of sp³-hybridized carbons (Fsp3) is 0.900. The first kappa shape index (κ1) is 23.6. The summed E-state index contributed by atoms with van der Waals surface area (Å²) < 4.78 is 0. The monoisotopic (exact) mass is 426 g/mol. The molecule has 0 heterocycles. The van der Waals surface area contributed by atoms with Crippen LogP contribution in [0.3, 0.4) is 0 Å². The number of ketones is 1. The van der Waals surface area contributed by atoms with Crippen LogP contribution in [0.25, 0.3) is 0 Å². The van der Waals surface area contributed by atoms with Crippen molar-refractivity contribution in [3.63, 3.8) is 0 Å². The van der Waals surface area contributed by atoms with E-state index in [-0.39, 0.29) is 5.41 Å². The van der Waals surface area contributed by atoms with Crippen LogP contribution < -0.4 is 0 Å². The molecule has 0 radical (unpaired) electrons. The minimum atomic E-state index is -0.126. The molecule has 0 bridgehead atoms. The summed E-state index contributed by atoms with van der Waals surface area (Å²) in [4.78, 5) is 12.9. The summed E-state index contributed by atoms with van der Waals surface area (Å²) >= 11 is 0. The van der Waals surface area contributed by atoms with Crippen LogP contribution in [0.4, 0.5) is 0 Å². The Morgan fingerprint density at radius 2 is 1.61 bits per heavy atom. The fourth-order valence-corrected chi connectivity index (χ4v) is 10.1. The highest BCUT2D eigenvalue weighted by molar-refractivity contribution is 5.85. The number of Topliss-reactive ketones (excluding diaryl/α,β-unsaturated/α-hetero) is 1. The number of fused-ring (bicyclic) bond motifs is 5. The molecule has 4 rings (SSSR count). The van der Waals surface area contributed by atoms with E-state index in [0.29, 0.717) is 27.9 Å². The van der Waals surface area contributed by atoms with Gasteiger partial charge in [-0.2, -0.15) is 0 Å². The van der Waals surface area contributed by atoms with Crippen molar-refractivity contribution in [2.24, 2.45) is 51.2 Å². The number of hydrogen-bond acceptors (Lipinski definition) is 1. The molecule has 4 aliphatic carbocycles. The van der Waals surface area contributed by atoms with Crippen LogP contribution in [0.15, 0.2) is 11.6 Å². The molecule has 4 saturated carbocycles. The van der Waals surface area contributed by atoms with Gasteiger partial charge in [-0.25, -0.2) is 0 Å². The molecule has 0 aromatic heterocycles. The van der Waals surface area contributed by atoms with Crippen LogP contribution in [0, 0.1) is 51.2 Å². The van der Waals surface area contributed by atoms with E-state index >= 15 is 0 Å². The molecule has 1 nitrogen and oxygen atoms in total. The van der Waals surface area contributed by atoms with Gasteiger partial charge >= 0.3 is 0 Å². The predicted molar refractivity (Wildman–Crippen MR) is 132 cm³/mol. The van der Waals surface area contributed by atoms with Crippen molar-refractivity contribution in [2.45, 2.75) is 120 Å². The molecule has 8 atom stereocenters. The summed E-state index contributed by atoms with van der Waals surface area (Å²) in [5, 5.41) is 0. The van der Waals surface area contributed by atoms with Crippen LogP contribution in [-0.4, -0.2) is 5.78 Å². The van der Waals surface area contributed by atoms with Crippen molar-refractivity contribution < 1.29 is 4.79 Å². The second-order valence-electron chi connectivity index (χ2n) is 13.8. The van der Waals surface area contributed by atoms with E-state index in [9.17, 15) is 4.79 Å². The first-order valence-electron chi connectivity index (χ1n) is 13.5. The minimum Gasteiger partial charge on any atom is -0.299 e. The Morgan fingerprint density at radius 3 is 2.29 bits per heavy atom. The zero-order valence-electron chi connectivity index (χ0n) is 21.9. The van der Waals surface area contributed by atoms with E-state index in [2.05, 4.69) is 61.5 Å². The zero-order valence-corrected chi connectivity index (χ0v) is 21.9. The predicted octanol–water partition coefficient (Wildman–Crippen LogP) is 8.62. The zero-order chi connectivity index (χ0) is 22.8. The van der Waals surface area contributed by atoms with Gasteiger partial charge in [-0.05, 0) is 117 Å². The van der Waals surface area contributed by atoms with Gasteiger partial charge in [0.1, 0.15) is 5.78 Å². The molecule has 0 N–H and O–H groups in total. The minimum absolute atomic E-state index is 0.126. The van der Waals surface area contributed by atoms with Crippen LogP contribution >= 0.6 is 0 Å². The summed E-state index contributed by atoms with van der Waals surface area (Å²) in [5.74, 6) is 4.62. The highest BCUT2D eigenvalue weighted by Gasteiger charge is 2.67. The summed E-state index contributed by atoms with van der Waals surface area (Å²) in [6, 6.07) is 0. The smallest absolute Gasteiger partial charge is 0.138 e. The summed E-state index contributed by atoms with van der Waals surface area (Å²) in [7, 11) is 0. The van der Waals surface area contributed by atoms with E-state index in [1.807, 2.05) is 0 Å². The molecular weight excluding hydrogens is 376 g/mol. The molecule has 4 aliphatic rings. The van der Waals surface area contributed by atoms with Gasteiger partial charge in [-0.1, -0.05) is 53.2 Å². The van der Waals surface area contributed by atoms with Gasteiger partial charge in [0.05, 0.1) is 0 Å². The van der Waals surface area contributed by atoms with E-state index in [0.717, 1.165) is 36.5 Å². The molecular formula is C30H50O. The number of rotatable bonds is 4. The molecule has 0 aliphatic heterocycles. The maximum Gasteiger partial charge on any atom is 0.138 e. The Bertz CT molecular complexity index is 742. The maximum atomic E-state index is 12.9. The Balaban J connectivity index is 1.58. The normalized spacial score (nSPS) is 47.2. The molecule has 1 heteroatoms. The Morgan fingerprint density at radius 1 is 0.935 bits per heavy atom. The van der Waals surface area contributed by atoms with Crippen molar-refractivity contribution in [1.29, 1.82) is 0 Å². The van der Waals surface area contributed by atoms with Crippen LogP contribution in [0.1, 0.15) is 120 Å². The largest absolute Gasteiger partial charge is 0.299 e. The molecule has 0 amide bonds. The van der Waals surface area contributed by atoms with Gasteiger partial charge in [0.15, 0.2) is 0 Å². The molecule has 176 valence electrons. The Hall–Kier alpha value is -0.590. The quantitative estimate of drug-likeness (QED) is 0.411. The first-order chi connectivity index (χ1) is 14.4. The van der Waals surface area contributed by atoms with Crippen LogP contribution in [0.2, 0.25) is 0 Å². The summed E-state index contributed by atoms with van der Waals surface area (Å²) in [5.41, 5.74) is 2.63. The van der Waals surface area contributed by atoms with Gasteiger partial charge in [0.2, 0.25) is 0 Å². The van der Waals surface area contributed by atoms with Crippen molar-refractivity contribution in [3.8, 4) is 0 Å². The lowest BCUT2D eigenvalue weighted by molar-refractivity contribution is -0.201. The molecule has 0 spiro atoms. The number of carbonyl (C=O) groups is 1. The van der Waals surface area contributed by atoms with E-state index in [1.54, 1.807) is 0 Å². The second-order valence-corrected chi connectivity index (χ2v) is 13.8. The van der Waals surface area contributed by atoms with Gasteiger partial charge in [0, 0.05) is 11.8 Å². The van der Waals surface area contributed by atoms with Gasteiger partial charge in [0.25, 0.3) is 0 Å². The molecule has 0 saturated heterocycles. The maximum absolute atomic E-state index is 12.9. The van der Waals surface area contributed by atoms with E-state index in [1.165, 1.54) is 56.9 Å². The lowest BCUT2D eigenvalue weighted by Gasteiger charge is -2.68. The SMILES string of the molecule is CC(C)=CCC[C@@H](C)[C@H]1CC[C@H]2[C@@H]3CC[C@H]4C(C)(C)C(=O)CC[C@]4(C)[C@]3(C)CC[C@]12C. The lowest BCUT2D eigenvalue weighted by Crippen LogP contribution is -2.63. The number of hydrogen-bond donors (Lipinski definition) is 0. The summed E-state index contributed by atoms with van der Waals surface area (Å²) in [6.45, 7) is 19.5. The Kier molecular flexibility index (Phi) is 5.88. The molecule has 4 fully saturated rings. The molecule has 0 aromatic rings. The standard InChI is InChI=1S/C30H50O/c1-20(2)10-9-11-21(3)22-12-13-23-24-14-15-25-27(4,5)26(31)16-17-30(25,8)29(24,7)19-18-28(22,23)6/h10,21-25H,9,11-19H2,1-8H3/t21-,22-,23+,24+,25+,28-,29-,30+/m1/s1. The Labute approximate surface area is 193 Å². The third kappa shape index (κ3) is 3.33. The third-order valence-electron chi connectivity index (χ3n) is 12.1. The highest BCUT2D eigenvalue weighted by Crippen LogP contribution is 2.74. The summed E-state index contributed by atoms with van der Waals surface area (Å²) in [6.07, 6.45) is 15.4. The van der Waals surface area contributed by atoms with E-state index in [4.69, 9.17) is 0 Å². The lowest BCUT2D eigenvalue weighted by atomic mass is 9.35. The van der Waals surface area contributed by atoms with Gasteiger partial charge in [-0.15, -0.1) is 0 Å². The average Bonchev–Trinajstić information content (AvgIpc) is 3.03. The second kappa shape index (κ2) is 7.73. The fourth-order valence-electron chi connectivity index (χ4n) is 10.1. The number of allylic oxidation sites excluding steroid dienone is 2. The first-order valence-corrected chi connectivity index (χ1v) is 13.5. The third-order valence-corrected chi connectivity index (χ3v) is 12.1. The molecule has 31 heavy (non-hydrogen) atoms. The van der Waals surface area contributed by atoms with Crippen molar-refractivity contribution in [3.05, 3.63) is 11.6 Å². The average molecular weight is 427 g/mol. The van der Waals surface area contributed by atoms with Gasteiger partial charge in [-0.3, -0.25) is 4.79 Å². The van der Waals surface area contributed by atoms with Crippen LogP contribution in [-0.2, 0) is 4.79 Å². The van der Waals surface area contributed by atoms with Crippen LogP contribution in [0.5, 0.6) is 0 Å². The van der Waals surface area contributed by atoms with Crippen molar-refractivity contribution in [1.82, 2.24) is 0 Å². The van der Waals surface area contributed by atoms with E-state index < -0.39 is 0 Å². The van der Waals surface area contributed by atoms with Crippen molar-refractivity contribution in [2.75, 3.05) is 0 Å². The highest BCUT2D eigenvalue weighted by atomic mass is 16.1. The molecule has 0 unspecified atom stereocenters. The number of carbonyl (C=O) groups excluding carboxylic acids is 1. The van der Waals surface area contributed by atoms with Crippen molar-refractivity contribution >= 4 is 5.78 Å². The molecule has 0 aromatic carbocycles.